The molecule has 0 radical (unpaired) electrons. The molecule has 1 fully saturated rings. The number of rotatable bonds is 4. The van der Waals surface area contributed by atoms with E-state index in [0.29, 0.717) is 17.9 Å². The maximum absolute atomic E-state index is 12.7. The number of amides is 1. The van der Waals surface area contributed by atoms with E-state index in [0.717, 1.165) is 19.3 Å². The van der Waals surface area contributed by atoms with Gasteiger partial charge in [-0.25, -0.2) is 0 Å². The van der Waals surface area contributed by atoms with Crippen LogP contribution in [0.2, 0.25) is 0 Å². The molecule has 1 aromatic rings. The highest BCUT2D eigenvalue weighted by Crippen LogP contribution is 2.23. The number of carbonyl (C=O) groups excluding carboxylic acids is 2. The van der Waals surface area contributed by atoms with Gasteiger partial charge in [0.25, 0.3) is 5.91 Å². The molecule has 21 heavy (non-hydrogen) atoms. The Labute approximate surface area is 126 Å². The highest BCUT2D eigenvalue weighted by molar-refractivity contribution is 5.98. The standard InChI is InChI=1S/C17H23NO3/c1-12(2)16(19)15-9-4-5-10-18(15)17(20)13-7-6-8-14(11-13)21-3/h6-8,11-12,15H,4-5,9-10H2,1-3H3. The molecule has 0 aliphatic carbocycles. The van der Waals surface area contributed by atoms with Gasteiger partial charge in [0.05, 0.1) is 13.2 Å². The van der Waals surface area contributed by atoms with Crippen molar-refractivity contribution in [1.82, 2.24) is 4.90 Å². The zero-order valence-electron chi connectivity index (χ0n) is 13.0. The number of Topliss-reactive ketones (excluding diaryl/α,β-unsaturated/α-hetero) is 1. The van der Waals surface area contributed by atoms with E-state index >= 15 is 0 Å². The predicted octanol–water partition coefficient (Wildman–Crippen LogP) is 2.92. The minimum absolute atomic E-state index is 0.0475. The molecule has 0 bridgehead atoms. The molecule has 1 aromatic carbocycles. The van der Waals surface area contributed by atoms with E-state index in [2.05, 4.69) is 0 Å². The first-order valence-electron chi connectivity index (χ1n) is 7.53. The Morgan fingerprint density at radius 1 is 1.29 bits per heavy atom. The molecule has 4 nitrogen and oxygen atoms in total. The Balaban J connectivity index is 2.24. The second-order valence-corrected chi connectivity index (χ2v) is 5.80. The minimum atomic E-state index is -0.280. The van der Waals surface area contributed by atoms with Gasteiger partial charge in [-0.05, 0) is 37.5 Å². The molecule has 114 valence electrons. The van der Waals surface area contributed by atoms with Gasteiger partial charge in [-0.1, -0.05) is 19.9 Å². The van der Waals surface area contributed by atoms with Gasteiger partial charge in [0.1, 0.15) is 5.75 Å². The Hall–Kier alpha value is -1.84. The summed E-state index contributed by atoms with van der Waals surface area (Å²) in [6.07, 6.45) is 2.73. The molecule has 0 spiro atoms. The van der Waals surface area contributed by atoms with Crippen LogP contribution in [0.1, 0.15) is 43.5 Å². The summed E-state index contributed by atoms with van der Waals surface area (Å²) < 4.78 is 5.17. The highest BCUT2D eigenvalue weighted by Gasteiger charge is 2.33. The van der Waals surface area contributed by atoms with Gasteiger partial charge in [-0.3, -0.25) is 9.59 Å². The number of hydrogen-bond acceptors (Lipinski definition) is 3. The third-order valence-corrected chi connectivity index (χ3v) is 3.98. The Bertz CT molecular complexity index is 525. The van der Waals surface area contributed by atoms with Crippen LogP contribution >= 0.6 is 0 Å². The lowest BCUT2D eigenvalue weighted by Crippen LogP contribution is -2.49. The van der Waals surface area contributed by atoms with Crippen molar-refractivity contribution in [3.8, 4) is 5.75 Å². The molecule has 1 atom stereocenters. The number of ether oxygens (including phenoxy) is 1. The third-order valence-electron chi connectivity index (χ3n) is 3.98. The van der Waals surface area contributed by atoms with Crippen LogP contribution in [-0.2, 0) is 4.79 Å². The zero-order valence-corrected chi connectivity index (χ0v) is 13.0. The smallest absolute Gasteiger partial charge is 0.254 e. The Kier molecular flexibility index (Phi) is 4.99. The van der Waals surface area contributed by atoms with Crippen molar-refractivity contribution in [1.29, 1.82) is 0 Å². The monoisotopic (exact) mass is 289 g/mol. The van der Waals surface area contributed by atoms with Crippen molar-refractivity contribution in [2.75, 3.05) is 13.7 Å². The molecule has 1 unspecified atom stereocenters. The lowest BCUT2D eigenvalue weighted by molar-refractivity contribution is -0.127. The summed E-state index contributed by atoms with van der Waals surface area (Å²) in [7, 11) is 1.58. The van der Waals surface area contributed by atoms with Gasteiger partial charge in [0.2, 0.25) is 0 Å². The third kappa shape index (κ3) is 3.43. The van der Waals surface area contributed by atoms with Crippen LogP contribution < -0.4 is 4.74 Å². The van der Waals surface area contributed by atoms with Crippen molar-refractivity contribution in [3.05, 3.63) is 29.8 Å². The zero-order chi connectivity index (χ0) is 15.4. The first-order chi connectivity index (χ1) is 10.0. The van der Waals surface area contributed by atoms with Crippen molar-refractivity contribution >= 4 is 11.7 Å². The molecule has 0 aromatic heterocycles. The van der Waals surface area contributed by atoms with Gasteiger partial charge in [-0.15, -0.1) is 0 Å². The van der Waals surface area contributed by atoms with Crippen LogP contribution in [0.4, 0.5) is 0 Å². The van der Waals surface area contributed by atoms with Gasteiger partial charge < -0.3 is 9.64 Å². The Morgan fingerprint density at radius 2 is 2.05 bits per heavy atom. The number of ketones is 1. The Morgan fingerprint density at radius 3 is 2.71 bits per heavy atom. The summed E-state index contributed by atoms with van der Waals surface area (Å²) >= 11 is 0. The largest absolute Gasteiger partial charge is 0.497 e. The van der Waals surface area contributed by atoms with Gasteiger partial charge in [-0.2, -0.15) is 0 Å². The molecule has 2 rings (SSSR count). The molecule has 1 aliphatic rings. The number of piperidine rings is 1. The second kappa shape index (κ2) is 6.74. The molecule has 1 amide bonds. The maximum Gasteiger partial charge on any atom is 0.254 e. The average molecular weight is 289 g/mol. The van der Waals surface area contributed by atoms with Gasteiger partial charge >= 0.3 is 0 Å². The second-order valence-electron chi connectivity index (χ2n) is 5.80. The van der Waals surface area contributed by atoms with Crippen molar-refractivity contribution in [3.63, 3.8) is 0 Å². The van der Waals surface area contributed by atoms with Crippen LogP contribution in [0, 0.1) is 5.92 Å². The molecule has 0 saturated carbocycles. The first-order valence-corrected chi connectivity index (χ1v) is 7.53. The van der Waals surface area contributed by atoms with Crippen LogP contribution in [0.15, 0.2) is 24.3 Å². The number of nitrogens with zero attached hydrogens (tertiary/aromatic N) is 1. The molecule has 1 heterocycles. The lowest BCUT2D eigenvalue weighted by Gasteiger charge is -2.35. The summed E-state index contributed by atoms with van der Waals surface area (Å²) in [6.45, 7) is 4.44. The maximum atomic E-state index is 12.7. The van der Waals surface area contributed by atoms with E-state index in [1.54, 1.807) is 30.2 Å². The van der Waals surface area contributed by atoms with E-state index in [9.17, 15) is 9.59 Å². The average Bonchev–Trinajstić information content (AvgIpc) is 2.53. The number of benzene rings is 1. The van der Waals surface area contributed by atoms with Crippen LogP contribution in [0.3, 0.4) is 0 Å². The molecule has 1 saturated heterocycles. The first kappa shape index (κ1) is 15.5. The SMILES string of the molecule is COc1cccc(C(=O)N2CCCCC2C(=O)C(C)C)c1. The fraction of sp³-hybridized carbons (Fsp3) is 0.529. The number of hydrogen-bond donors (Lipinski definition) is 0. The normalized spacial score (nSPS) is 18.7. The van der Waals surface area contributed by atoms with Crippen LogP contribution in [0.5, 0.6) is 5.75 Å². The van der Waals surface area contributed by atoms with Gasteiger partial charge in [0.15, 0.2) is 5.78 Å². The van der Waals surface area contributed by atoms with E-state index in [-0.39, 0.29) is 23.7 Å². The number of methoxy groups -OCH3 is 1. The van der Waals surface area contributed by atoms with E-state index in [1.165, 1.54) is 0 Å². The fourth-order valence-corrected chi connectivity index (χ4v) is 2.78. The van der Waals surface area contributed by atoms with Crippen LogP contribution in [0.25, 0.3) is 0 Å². The van der Waals surface area contributed by atoms with E-state index in [1.807, 2.05) is 19.9 Å². The lowest BCUT2D eigenvalue weighted by atomic mass is 9.92. The molecular weight excluding hydrogens is 266 g/mol. The fourth-order valence-electron chi connectivity index (χ4n) is 2.78. The summed E-state index contributed by atoms with van der Waals surface area (Å²) in [6, 6.07) is 6.83. The molecule has 4 heteroatoms. The molecular formula is C17H23NO3. The number of likely N-dealkylation sites (tertiary alicyclic amines) is 1. The number of carbonyl (C=O) groups is 2. The predicted molar refractivity (Wildman–Crippen MR) is 81.5 cm³/mol. The summed E-state index contributed by atoms with van der Waals surface area (Å²) in [5.41, 5.74) is 0.581. The van der Waals surface area contributed by atoms with Crippen molar-refractivity contribution < 1.29 is 14.3 Å². The van der Waals surface area contributed by atoms with Crippen molar-refractivity contribution in [2.24, 2.45) is 5.92 Å². The molecule has 1 aliphatic heterocycles. The van der Waals surface area contributed by atoms with Gasteiger partial charge in [0, 0.05) is 18.0 Å². The summed E-state index contributed by atoms with van der Waals surface area (Å²) in [5.74, 6) is 0.692. The highest BCUT2D eigenvalue weighted by atomic mass is 16.5. The molecule has 0 N–H and O–H groups in total. The quantitative estimate of drug-likeness (QED) is 0.856. The summed E-state index contributed by atoms with van der Waals surface area (Å²) in [5, 5.41) is 0. The van der Waals surface area contributed by atoms with E-state index < -0.39 is 0 Å². The summed E-state index contributed by atoms with van der Waals surface area (Å²) in [4.78, 5) is 26.8. The van der Waals surface area contributed by atoms with Crippen molar-refractivity contribution in [2.45, 2.75) is 39.2 Å². The van der Waals surface area contributed by atoms with E-state index in [4.69, 9.17) is 4.74 Å². The minimum Gasteiger partial charge on any atom is -0.497 e. The topological polar surface area (TPSA) is 46.6 Å². The van der Waals surface area contributed by atoms with Crippen LogP contribution in [-0.4, -0.2) is 36.3 Å².